The quantitative estimate of drug-likeness (QED) is 0.254. The Morgan fingerprint density at radius 2 is 1.14 bits per heavy atom. The fourth-order valence-corrected chi connectivity index (χ4v) is 5.80. The van der Waals surface area contributed by atoms with Gasteiger partial charge in [-0.05, 0) is 48.5 Å². The summed E-state index contributed by atoms with van der Waals surface area (Å²) in [6.45, 7) is 0. The first-order valence-corrected chi connectivity index (χ1v) is 12.0. The van der Waals surface area contributed by atoms with E-state index in [1.54, 1.807) is 0 Å². The van der Waals surface area contributed by atoms with Crippen LogP contribution < -0.4 is 0 Å². The zero-order chi connectivity index (χ0) is 22.9. The van der Waals surface area contributed by atoms with Crippen LogP contribution in [-0.4, -0.2) is 13.5 Å². The fraction of sp³-hybridized carbons (Fsp3) is 0. The molecule has 8 rings (SSSR count). The van der Waals surface area contributed by atoms with Gasteiger partial charge in [0.15, 0.2) is 0 Å². The van der Waals surface area contributed by atoms with Crippen LogP contribution in [0.15, 0.2) is 128 Å². The monoisotopic (exact) mass is 447 g/mol. The second-order valence-corrected chi connectivity index (χ2v) is 9.09. The van der Waals surface area contributed by atoms with E-state index in [2.05, 4.69) is 141 Å². The van der Waals surface area contributed by atoms with Gasteiger partial charge in [-0.25, -0.2) is 0 Å². The van der Waals surface area contributed by atoms with Crippen molar-refractivity contribution in [2.75, 3.05) is 0 Å². The Labute approximate surface area is 201 Å². The van der Waals surface area contributed by atoms with E-state index in [4.69, 9.17) is 0 Å². The van der Waals surface area contributed by atoms with Gasteiger partial charge in [-0.2, -0.15) is 0 Å². The lowest BCUT2D eigenvalue weighted by molar-refractivity contribution is 1.10. The maximum atomic E-state index is 2.46. The third-order valence-electron chi connectivity index (χ3n) is 7.22. The molecule has 0 aliphatic rings. The second kappa shape index (κ2) is 6.87. The molecule has 0 aliphatic carbocycles. The van der Waals surface area contributed by atoms with Crippen LogP contribution in [0.3, 0.4) is 0 Å². The van der Waals surface area contributed by atoms with E-state index in [9.17, 15) is 0 Å². The van der Waals surface area contributed by atoms with Crippen molar-refractivity contribution in [1.29, 1.82) is 0 Å². The molecule has 0 fully saturated rings. The van der Waals surface area contributed by atoms with Crippen molar-refractivity contribution in [3.05, 3.63) is 128 Å². The number of hydrogen-bond donors (Lipinski definition) is 0. The summed E-state index contributed by atoms with van der Waals surface area (Å²) in [6, 6.07) is 43.4. The number of benzene rings is 4. The lowest BCUT2D eigenvalue weighted by Gasteiger charge is -2.13. The second-order valence-electron chi connectivity index (χ2n) is 9.09. The van der Waals surface area contributed by atoms with E-state index in [0.717, 1.165) is 0 Å². The van der Waals surface area contributed by atoms with E-state index in [-0.39, 0.29) is 0 Å². The average molecular weight is 448 g/mol. The third-order valence-corrected chi connectivity index (χ3v) is 7.22. The van der Waals surface area contributed by atoms with Gasteiger partial charge in [0, 0.05) is 39.1 Å². The van der Waals surface area contributed by atoms with Crippen LogP contribution in [0.1, 0.15) is 0 Å². The van der Waals surface area contributed by atoms with Gasteiger partial charge in [-0.3, -0.25) is 8.97 Å². The van der Waals surface area contributed by atoms with E-state index >= 15 is 0 Å². The zero-order valence-electron chi connectivity index (χ0n) is 19.0. The molecule has 0 saturated carbocycles. The first kappa shape index (κ1) is 18.6. The molecule has 0 radical (unpaired) electrons. The zero-order valence-corrected chi connectivity index (χ0v) is 19.0. The highest BCUT2D eigenvalue weighted by atomic mass is 15.1. The maximum absolute atomic E-state index is 2.46. The molecule has 0 saturated heterocycles. The number of hydrogen-bond acceptors (Lipinski definition) is 0. The minimum absolute atomic E-state index is 1.17. The van der Waals surface area contributed by atoms with Crippen molar-refractivity contribution in [2.24, 2.45) is 0 Å². The number of pyridine rings is 1. The van der Waals surface area contributed by atoms with Gasteiger partial charge < -0.3 is 4.57 Å². The normalized spacial score (nSPS) is 12.0. The topological polar surface area (TPSA) is 14.3 Å². The molecule has 4 heterocycles. The molecule has 4 aromatic heterocycles. The summed E-state index contributed by atoms with van der Waals surface area (Å²) in [4.78, 5) is 0. The van der Waals surface area contributed by atoms with Crippen molar-refractivity contribution in [2.45, 2.75) is 0 Å². The first-order chi connectivity index (χ1) is 17.4. The van der Waals surface area contributed by atoms with E-state index in [1.807, 2.05) is 0 Å². The summed E-state index contributed by atoms with van der Waals surface area (Å²) in [6.07, 6.45) is 2.21. The summed E-state index contributed by atoms with van der Waals surface area (Å²) in [7, 11) is 0. The molecule has 3 heteroatoms. The molecule has 35 heavy (non-hydrogen) atoms. The SMILES string of the molecule is c1ccc(-n2ccc3c4c5ccccc5n(-c5ccccc5)c4n4c5ccccc5cc4c32)cc1. The Balaban J connectivity index is 1.72. The predicted molar refractivity (Wildman–Crippen MR) is 146 cm³/mol. The molecule has 0 unspecified atom stereocenters. The Morgan fingerprint density at radius 1 is 0.486 bits per heavy atom. The molecule has 0 amide bonds. The Hall–Kier alpha value is -4.76. The van der Waals surface area contributed by atoms with Crippen molar-refractivity contribution in [3.8, 4) is 11.4 Å². The minimum atomic E-state index is 1.17. The highest BCUT2D eigenvalue weighted by molar-refractivity contribution is 6.24. The molecule has 0 spiro atoms. The molecule has 8 aromatic rings. The first-order valence-electron chi connectivity index (χ1n) is 12.0. The molecule has 0 aliphatic heterocycles. The van der Waals surface area contributed by atoms with Gasteiger partial charge in [0.1, 0.15) is 5.65 Å². The van der Waals surface area contributed by atoms with Crippen LogP contribution in [0.25, 0.3) is 60.6 Å². The molecule has 4 aromatic carbocycles. The van der Waals surface area contributed by atoms with Gasteiger partial charge in [0.2, 0.25) is 0 Å². The van der Waals surface area contributed by atoms with Gasteiger partial charge in [-0.1, -0.05) is 72.8 Å². The Bertz CT molecular complexity index is 2040. The Morgan fingerprint density at radius 3 is 1.94 bits per heavy atom. The smallest absolute Gasteiger partial charge is 0.131 e. The highest BCUT2D eigenvalue weighted by Crippen LogP contribution is 2.41. The summed E-state index contributed by atoms with van der Waals surface area (Å²) in [5.74, 6) is 0. The van der Waals surface area contributed by atoms with E-state index < -0.39 is 0 Å². The van der Waals surface area contributed by atoms with Gasteiger partial charge in [-0.15, -0.1) is 0 Å². The summed E-state index contributed by atoms with van der Waals surface area (Å²) >= 11 is 0. The molecular weight excluding hydrogens is 426 g/mol. The van der Waals surface area contributed by atoms with Crippen LogP contribution in [0.2, 0.25) is 0 Å². The molecular formula is C32H21N3. The minimum Gasteiger partial charge on any atom is -0.315 e. The standard InChI is InChI=1S/C32H21N3/c1-3-12-23(13-4-1)33-20-19-26-30-25-16-8-10-18-28(25)34(24-14-5-2-6-15-24)32(30)35-27-17-9-7-11-22(27)21-29(35)31(26)33/h1-21H. The average Bonchev–Trinajstić information content (AvgIpc) is 3.61. The van der Waals surface area contributed by atoms with E-state index in [0.29, 0.717) is 0 Å². The number of para-hydroxylation sites is 4. The van der Waals surface area contributed by atoms with Gasteiger partial charge >= 0.3 is 0 Å². The van der Waals surface area contributed by atoms with Crippen LogP contribution in [0, 0.1) is 0 Å². The molecule has 0 N–H and O–H groups in total. The number of fused-ring (bicyclic) bond motifs is 10. The fourth-order valence-electron chi connectivity index (χ4n) is 5.80. The molecule has 3 nitrogen and oxygen atoms in total. The molecule has 0 bridgehead atoms. The number of nitrogens with zero attached hydrogens (tertiary/aromatic N) is 3. The maximum Gasteiger partial charge on any atom is 0.131 e. The Kier molecular flexibility index (Phi) is 3.66. The number of aromatic nitrogens is 3. The van der Waals surface area contributed by atoms with Gasteiger partial charge in [0.25, 0.3) is 0 Å². The summed E-state index contributed by atoms with van der Waals surface area (Å²) in [5, 5.41) is 5.06. The van der Waals surface area contributed by atoms with Crippen LogP contribution in [0.4, 0.5) is 0 Å². The lowest BCUT2D eigenvalue weighted by atomic mass is 10.1. The summed E-state index contributed by atoms with van der Waals surface area (Å²) in [5.41, 5.74) is 8.41. The lowest BCUT2D eigenvalue weighted by Crippen LogP contribution is -2.00. The van der Waals surface area contributed by atoms with Crippen LogP contribution >= 0.6 is 0 Å². The third kappa shape index (κ3) is 2.44. The number of rotatable bonds is 2. The van der Waals surface area contributed by atoms with Crippen molar-refractivity contribution < 1.29 is 0 Å². The van der Waals surface area contributed by atoms with Crippen LogP contribution in [-0.2, 0) is 0 Å². The molecule has 0 atom stereocenters. The molecule has 164 valence electrons. The largest absolute Gasteiger partial charge is 0.315 e. The predicted octanol–water partition coefficient (Wildman–Crippen LogP) is 8.13. The van der Waals surface area contributed by atoms with Gasteiger partial charge in [0.05, 0.1) is 22.1 Å². The van der Waals surface area contributed by atoms with Crippen molar-refractivity contribution in [1.82, 2.24) is 13.5 Å². The van der Waals surface area contributed by atoms with Crippen molar-refractivity contribution >= 4 is 49.3 Å². The van der Waals surface area contributed by atoms with Crippen molar-refractivity contribution in [3.63, 3.8) is 0 Å². The highest BCUT2D eigenvalue weighted by Gasteiger charge is 2.22. The summed E-state index contributed by atoms with van der Waals surface area (Å²) < 4.78 is 7.21. The van der Waals surface area contributed by atoms with E-state index in [1.165, 1.54) is 60.6 Å². The van der Waals surface area contributed by atoms with Crippen LogP contribution in [0.5, 0.6) is 0 Å².